The highest BCUT2D eigenvalue weighted by Crippen LogP contribution is 2.60. The van der Waals surface area contributed by atoms with Gasteiger partial charge in [0.05, 0.1) is 0 Å². The smallest absolute Gasteiger partial charge is 0.184 e. The maximum absolute atomic E-state index is 6.47. The molecule has 2 heteroatoms. The van der Waals surface area contributed by atoms with Gasteiger partial charge >= 0.3 is 0 Å². The van der Waals surface area contributed by atoms with Crippen LogP contribution in [0.25, 0.3) is 0 Å². The number of hydrogen-bond acceptors (Lipinski definition) is 1. The largest absolute Gasteiger partial charge is 0.415 e. The van der Waals surface area contributed by atoms with E-state index in [2.05, 4.69) is 26.6 Å². The minimum Gasteiger partial charge on any atom is -0.415 e. The summed E-state index contributed by atoms with van der Waals surface area (Å²) >= 11 is 0. The standard InChI is InChI=1S/C21H36OSi/c1-21-12-5-6-20(21)19-9-7-15-14-16(22-23(2,3)4)8-10-17(15)18(19)11-13-21/h15-16,19-20H,5-14H2,1-4H3/t15?,16?,19-,20+,21+/m1/s1. The molecule has 4 rings (SSSR count). The Morgan fingerprint density at radius 2 is 1.78 bits per heavy atom. The van der Waals surface area contributed by atoms with Crippen LogP contribution in [0.2, 0.25) is 19.6 Å². The highest BCUT2D eigenvalue weighted by Gasteiger charge is 2.49. The molecule has 130 valence electrons. The van der Waals surface area contributed by atoms with Gasteiger partial charge < -0.3 is 4.43 Å². The SMILES string of the molecule is C[C@@]12CCC[C@H]1[C@@H]1CCC3CC(O[Si](C)(C)C)CCC3=C1CC2. The number of allylic oxidation sites excluding steroid dienone is 2. The Kier molecular flexibility index (Phi) is 4.08. The summed E-state index contributed by atoms with van der Waals surface area (Å²) in [6.45, 7) is 9.65. The number of fused-ring (bicyclic) bond motifs is 4. The molecule has 0 saturated heterocycles. The fourth-order valence-corrected chi connectivity index (χ4v) is 7.89. The average molecular weight is 333 g/mol. The molecule has 0 amide bonds. The Bertz CT molecular complexity index is 502. The minimum atomic E-state index is -1.38. The molecule has 0 N–H and O–H groups in total. The third kappa shape index (κ3) is 2.99. The van der Waals surface area contributed by atoms with Crippen molar-refractivity contribution in [2.24, 2.45) is 23.2 Å². The Hall–Kier alpha value is -0.0831. The summed E-state index contributed by atoms with van der Waals surface area (Å²) in [5.41, 5.74) is 4.57. The van der Waals surface area contributed by atoms with Crippen LogP contribution in [-0.2, 0) is 4.43 Å². The molecule has 5 atom stereocenters. The summed E-state index contributed by atoms with van der Waals surface area (Å²) in [5, 5.41) is 0. The van der Waals surface area contributed by atoms with Gasteiger partial charge in [-0.3, -0.25) is 0 Å². The second-order valence-corrected chi connectivity index (χ2v) is 14.7. The molecule has 0 aliphatic heterocycles. The summed E-state index contributed by atoms with van der Waals surface area (Å²) in [6.07, 6.45) is 14.9. The Labute approximate surface area is 144 Å². The lowest BCUT2D eigenvalue weighted by molar-refractivity contribution is 0.0894. The zero-order chi connectivity index (χ0) is 16.2. The van der Waals surface area contributed by atoms with Crippen molar-refractivity contribution in [2.75, 3.05) is 0 Å². The van der Waals surface area contributed by atoms with Crippen LogP contribution in [0.3, 0.4) is 0 Å². The first-order valence-electron chi connectivity index (χ1n) is 10.3. The van der Waals surface area contributed by atoms with E-state index in [0.29, 0.717) is 11.5 Å². The van der Waals surface area contributed by atoms with Crippen molar-refractivity contribution < 1.29 is 4.43 Å². The van der Waals surface area contributed by atoms with E-state index in [9.17, 15) is 0 Å². The van der Waals surface area contributed by atoms with Gasteiger partial charge in [0.15, 0.2) is 8.32 Å². The van der Waals surface area contributed by atoms with Crippen molar-refractivity contribution in [3.63, 3.8) is 0 Å². The van der Waals surface area contributed by atoms with Crippen molar-refractivity contribution in [1.82, 2.24) is 0 Å². The van der Waals surface area contributed by atoms with E-state index in [1.165, 1.54) is 64.2 Å². The molecular formula is C21H36OSi. The van der Waals surface area contributed by atoms with Crippen molar-refractivity contribution in [1.29, 1.82) is 0 Å². The molecule has 0 aromatic carbocycles. The van der Waals surface area contributed by atoms with Gasteiger partial charge in [-0.15, -0.1) is 0 Å². The van der Waals surface area contributed by atoms with Crippen molar-refractivity contribution in [3.05, 3.63) is 11.1 Å². The Morgan fingerprint density at radius 3 is 2.57 bits per heavy atom. The predicted molar refractivity (Wildman–Crippen MR) is 100.0 cm³/mol. The summed E-state index contributed by atoms with van der Waals surface area (Å²) in [5.74, 6) is 2.87. The lowest BCUT2D eigenvalue weighted by Gasteiger charge is -2.49. The molecule has 0 heterocycles. The molecule has 4 aliphatic carbocycles. The lowest BCUT2D eigenvalue weighted by atomic mass is 9.56. The maximum Gasteiger partial charge on any atom is 0.184 e. The Balaban J connectivity index is 1.53. The molecule has 0 spiro atoms. The third-order valence-corrected chi connectivity index (χ3v) is 8.63. The molecule has 4 aliphatic rings. The molecule has 2 unspecified atom stereocenters. The van der Waals surface area contributed by atoms with E-state index in [-0.39, 0.29) is 0 Å². The fourth-order valence-electron chi connectivity index (χ4n) is 6.68. The zero-order valence-electron chi connectivity index (χ0n) is 15.8. The van der Waals surface area contributed by atoms with Crippen LogP contribution in [-0.4, -0.2) is 14.4 Å². The van der Waals surface area contributed by atoms with E-state index >= 15 is 0 Å². The van der Waals surface area contributed by atoms with Gasteiger partial charge in [0.2, 0.25) is 0 Å². The average Bonchev–Trinajstić information content (AvgIpc) is 2.86. The highest BCUT2D eigenvalue weighted by molar-refractivity contribution is 6.69. The van der Waals surface area contributed by atoms with Gasteiger partial charge in [0.25, 0.3) is 0 Å². The first kappa shape index (κ1) is 16.4. The van der Waals surface area contributed by atoms with E-state index in [0.717, 1.165) is 17.8 Å². The molecule has 3 fully saturated rings. The van der Waals surface area contributed by atoms with Crippen molar-refractivity contribution in [3.8, 4) is 0 Å². The van der Waals surface area contributed by atoms with Crippen molar-refractivity contribution >= 4 is 8.32 Å². The zero-order valence-corrected chi connectivity index (χ0v) is 16.8. The molecule has 3 saturated carbocycles. The minimum absolute atomic E-state index is 0.563. The monoisotopic (exact) mass is 332 g/mol. The first-order chi connectivity index (χ1) is 10.9. The van der Waals surface area contributed by atoms with Crippen LogP contribution < -0.4 is 0 Å². The summed E-state index contributed by atoms with van der Waals surface area (Å²) < 4.78 is 6.47. The fraction of sp³-hybridized carbons (Fsp3) is 0.905. The second kappa shape index (κ2) is 5.73. The number of hydrogen-bond donors (Lipinski definition) is 0. The normalized spacial score (nSPS) is 43.8. The molecule has 1 nitrogen and oxygen atoms in total. The van der Waals surface area contributed by atoms with Crippen LogP contribution in [0.15, 0.2) is 11.1 Å². The number of rotatable bonds is 2. The molecule has 0 aromatic heterocycles. The van der Waals surface area contributed by atoms with Crippen molar-refractivity contribution in [2.45, 2.75) is 96.9 Å². The predicted octanol–water partition coefficient (Wildman–Crippen LogP) is 6.31. The van der Waals surface area contributed by atoms with Gasteiger partial charge in [-0.25, -0.2) is 0 Å². The van der Waals surface area contributed by atoms with Gasteiger partial charge in [0, 0.05) is 6.10 Å². The van der Waals surface area contributed by atoms with Gasteiger partial charge in [-0.2, -0.15) is 0 Å². The van der Waals surface area contributed by atoms with Gasteiger partial charge in [-0.05, 0) is 101 Å². The summed E-state index contributed by atoms with van der Waals surface area (Å²) in [6, 6.07) is 0. The van der Waals surface area contributed by atoms with Gasteiger partial charge in [0.1, 0.15) is 0 Å². The lowest BCUT2D eigenvalue weighted by Crippen LogP contribution is -2.40. The summed E-state index contributed by atoms with van der Waals surface area (Å²) in [4.78, 5) is 0. The highest BCUT2D eigenvalue weighted by atomic mass is 28.4. The van der Waals surface area contributed by atoms with Crippen LogP contribution in [0, 0.1) is 23.2 Å². The topological polar surface area (TPSA) is 9.23 Å². The van der Waals surface area contributed by atoms with E-state index < -0.39 is 8.32 Å². The molecule has 23 heavy (non-hydrogen) atoms. The molecule has 0 aromatic rings. The second-order valence-electron chi connectivity index (χ2n) is 10.2. The molecule has 0 bridgehead atoms. The Morgan fingerprint density at radius 1 is 0.957 bits per heavy atom. The van der Waals surface area contributed by atoms with Crippen LogP contribution >= 0.6 is 0 Å². The maximum atomic E-state index is 6.47. The van der Waals surface area contributed by atoms with Crippen LogP contribution in [0.4, 0.5) is 0 Å². The first-order valence-corrected chi connectivity index (χ1v) is 13.7. The summed E-state index contributed by atoms with van der Waals surface area (Å²) in [7, 11) is -1.38. The van der Waals surface area contributed by atoms with Crippen LogP contribution in [0.5, 0.6) is 0 Å². The van der Waals surface area contributed by atoms with E-state index in [4.69, 9.17) is 4.43 Å². The van der Waals surface area contributed by atoms with E-state index in [1.54, 1.807) is 0 Å². The quantitative estimate of drug-likeness (QED) is 0.425. The molecular weight excluding hydrogens is 296 g/mol. The molecule has 0 radical (unpaired) electrons. The van der Waals surface area contributed by atoms with Crippen LogP contribution in [0.1, 0.15) is 71.1 Å². The van der Waals surface area contributed by atoms with Gasteiger partial charge in [-0.1, -0.05) is 24.5 Å². The third-order valence-electron chi connectivity index (χ3n) is 7.59. The van der Waals surface area contributed by atoms with E-state index in [1.807, 2.05) is 11.1 Å².